The Morgan fingerprint density at radius 2 is 1.79 bits per heavy atom. The molecular formula is C17H15FO5S. The van der Waals surface area contributed by atoms with E-state index in [0.29, 0.717) is 0 Å². The summed E-state index contributed by atoms with van der Waals surface area (Å²) in [5.41, 5.74) is -1.63. The number of carboxylic acids is 1. The van der Waals surface area contributed by atoms with Crippen LogP contribution in [0.15, 0.2) is 59.5 Å². The minimum absolute atomic E-state index is 0.0204. The van der Waals surface area contributed by atoms with Crippen LogP contribution in [0.2, 0.25) is 0 Å². The molecule has 2 aromatic rings. The molecule has 0 aromatic heterocycles. The number of benzene rings is 2. The number of hydrogen-bond acceptors (Lipinski definition) is 4. The summed E-state index contributed by atoms with van der Waals surface area (Å²) < 4.78 is 39.2. The van der Waals surface area contributed by atoms with Crippen molar-refractivity contribution >= 4 is 15.8 Å². The van der Waals surface area contributed by atoms with Gasteiger partial charge in [0.15, 0.2) is 9.84 Å². The standard InChI is InChI=1S/C17H15FO5S/c18-12-6-4-5-11(9-12)14-15(17(14,10-19)16(20)21)24(22,23)13-7-2-1-3-8-13/h1-9,14-15,19H,10H2,(H,20,21)/t14-,15+,17-/m1/s1. The number of aliphatic carboxylic acids is 1. The normalized spacial score (nSPS) is 26.1. The van der Waals surface area contributed by atoms with E-state index in [4.69, 9.17) is 0 Å². The Balaban J connectivity index is 2.13. The van der Waals surface area contributed by atoms with Gasteiger partial charge in [-0.25, -0.2) is 12.8 Å². The molecule has 1 aliphatic carbocycles. The van der Waals surface area contributed by atoms with Gasteiger partial charge in [0.25, 0.3) is 0 Å². The highest BCUT2D eigenvalue weighted by atomic mass is 32.2. The molecule has 3 rings (SSSR count). The summed E-state index contributed by atoms with van der Waals surface area (Å²) in [6.07, 6.45) is 0. The van der Waals surface area contributed by atoms with E-state index in [9.17, 15) is 27.8 Å². The van der Waals surface area contributed by atoms with Crippen molar-refractivity contribution in [1.29, 1.82) is 0 Å². The van der Waals surface area contributed by atoms with E-state index in [2.05, 4.69) is 0 Å². The number of rotatable bonds is 5. The molecule has 0 aliphatic heterocycles. The van der Waals surface area contributed by atoms with Crippen molar-refractivity contribution in [3.05, 3.63) is 66.0 Å². The van der Waals surface area contributed by atoms with Crippen LogP contribution in [0.1, 0.15) is 11.5 Å². The summed E-state index contributed by atoms with van der Waals surface area (Å²) in [5.74, 6) is -3.02. The van der Waals surface area contributed by atoms with Crippen LogP contribution in [0.25, 0.3) is 0 Å². The van der Waals surface area contributed by atoms with Gasteiger partial charge in [-0.3, -0.25) is 4.79 Å². The smallest absolute Gasteiger partial charge is 0.314 e. The molecule has 7 heteroatoms. The fraction of sp³-hybridized carbons (Fsp3) is 0.235. The largest absolute Gasteiger partial charge is 0.481 e. The van der Waals surface area contributed by atoms with Gasteiger partial charge in [-0.2, -0.15) is 0 Å². The van der Waals surface area contributed by atoms with Gasteiger partial charge in [-0.15, -0.1) is 0 Å². The summed E-state index contributed by atoms with van der Waals surface area (Å²) in [4.78, 5) is 11.7. The molecule has 0 heterocycles. The summed E-state index contributed by atoms with van der Waals surface area (Å²) in [6.45, 7) is -0.847. The monoisotopic (exact) mass is 350 g/mol. The molecule has 0 bridgehead atoms. The van der Waals surface area contributed by atoms with Gasteiger partial charge in [0, 0.05) is 5.92 Å². The molecule has 0 amide bonds. The zero-order valence-corrected chi connectivity index (χ0v) is 13.3. The first-order valence-corrected chi connectivity index (χ1v) is 8.79. The second-order valence-corrected chi connectivity index (χ2v) is 7.88. The predicted molar refractivity (Wildman–Crippen MR) is 83.7 cm³/mol. The van der Waals surface area contributed by atoms with Crippen LogP contribution in [-0.4, -0.2) is 36.5 Å². The summed E-state index contributed by atoms with van der Waals surface area (Å²) in [6, 6.07) is 12.6. The highest BCUT2D eigenvalue weighted by Gasteiger charge is 2.75. The van der Waals surface area contributed by atoms with Crippen molar-refractivity contribution in [3.8, 4) is 0 Å². The third-order valence-corrected chi connectivity index (χ3v) is 6.82. The lowest BCUT2D eigenvalue weighted by atomic mass is 10.00. The molecule has 3 atom stereocenters. The maximum absolute atomic E-state index is 13.5. The van der Waals surface area contributed by atoms with Crippen LogP contribution in [0, 0.1) is 11.2 Å². The molecule has 5 nitrogen and oxygen atoms in total. The Hall–Kier alpha value is -2.25. The van der Waals surface area contributed by atoms with E-state index in [0.717, 1.165) is 6.07 Å². The van der Waals surface area contributed by atoms with Gasteiger partial charge >= 0.3 is 5.97 Å². The van der Waals surface area contributed by atoms with Crippen LogP contribution in [0.4, 0.5) is 4.39 Å². The Labute approximate surface area is 138 Å². The molecule has 0 radical (unpaired) electrons. The second kappa shape index (κ2) is 5.68. The first kappa shape index (κ1) is 16.6. The van der Waals surface area contributed by atoms with Crippen LogP contribution in [0.3, 0.4) is 0 Å². The number of aliphatic hydroxyl groups is 1. The molecule has 2 aromatic carbocycles. The Bertz CT molecular complexity index is 881. The van der Waals surface area contributed by atoms with Crippen molar-refractivity contribution in [1.82, 2.24) is 0 Å². The lowest BCUT2D eigenvalue weighted by Gasteiger charge is -2.09. The van der Waals surface area contributed by atoms with E-state index < -0.39 is 44.8 Å². The zero-order chi connectivity index (χ0) is 17.5. The number of hydrogen-bond donors (Lipinski definition) is 2. The van der Waals surface area contributed by atoms with Crippen molar-refractivity contribution in [3.63, 3.8) is 0 Å². The van der Waals surface area contributed by atoms with Gasteiger partial charge in [0.2, 0.25) is 0 Å². The molecule has 24 heavy (non-hydrogen) atoms. The Morgan fingerprint density at radius 3 is 2.33 bits per heavy atom. The summed E-state index contributed by atoms with van der Waals surface area (Å²) in [5, 5.41) is 17.9. The highest BCUT2D eigenvalue weighted by molar-refractivity contribution is 7.92. The molecule has 0 saturated heterocycles. The maximum Gasteiger partial charge on any atom is 0.314 e. The van der Waals surface area contributed by atoms with Gasteiger partial charge in [-0.05, 0) is 29.8 Å². The molecule has 0 unspecified atom stereocenters. The van der Waals surface area contributed by atoms with Crippen LogP contribution < -0.4 is 0 Å². The third kappa shape index (κ3) is 2.32. The zero-order valence-electron chi connectivity index (χ0n) is 12.5. The van der Waals surface area contributed by atoms with Crippen molar-refractivity contribution < 1.29 is 27.8 Å². The van der Waals surface area contributed by atoms with E-state index in [-0.39, 0.29) is 10.5 Å². The number of aliphatic hydroxyl groups excluding tert-OH is 1. The van der Waals surface area contributed by atoms with Crippen molar-refractivity contribution in [2.24, 2.45) is 5.41 Å². The fourth-order valence-electron chi connectivity index (χ4n) is 3.30. The third-order valence-electron chi connectivity index (χ3n) is 4.53. The number of halogens is 1. The molecule has 1 saturated carbocycles. The van der Waals surface area contributed by atoms with Crippen molar-refractivity contribution in [2.45, 2.75) is 16.1 Å². The number of carbonyl (C=O) groups is 1. The van der Waals surface area contributed by atoms with E-state index in [1.54, 1.807) is 6.07 Å². The minimum Gasteiger partial charge on any atom is -0.481 e. The molecule has 1 aliphatic rings. The topological polar surface area (TPSA) is 91.7 Å². The molecule has 1 fully saturated rings. The van der Waals surface area contributed by atoms with E-state index in [1.165, 1.54) is 42.5 Å². The SMILES string of the molecule is O=C(O)[C@]1(CO)[C@H](c2cccc(F)c2)[C@@H]1S(=O)(=O)c1ccccc1. The lowest BCUT2D eigenvalue weighted by Crippen LogP contribution is -2.27. The Morgan fingerprint density at radius 1 is 1.12 bits per heavy atom. The van der Waals surface area contributed by atoms with Gasteiger partial charge in [0.05, 0.1) is 16.8 Å². The number of sulfone groups is 1. The predicted octanol–water partition coefficient (Wildman–Crippen LogP) is 1.83. The molecular weight excluding hydrogens is 335 g/mol. The molecule has 0 spiro atoms. The lowest BCUT2D eigenvalue weighted by molar-refractivity contribution is -0.145. The van der Waals surface area contributed by atoms with E-state index >= 15 is 0 Å². The first-order chi connectivity index (χ1) is 11.4. The highest BCUT2D eigenvalue weighted by Crippen LogP contribution is 2.64. The van der Waals surface area contributed by atoms with Crippen LogP contribution in [-0.2, 0) is 14.6 Å². The van der Waals surface area contributed by atoms with Crippen molar-refractivity contribution in [2.75, 3.05) is 6.61 Å². The first-order valence-electron chi connectivity index (χ1n) is 7.24. The minimum atomic E-state index is -4.00. The van der Waals surface area contributed by atoms with E-state index in [1.807, 2.05) is 0 Å². The quantitative estimate of drug-likeness (QED) is 0.858. The summed E-state index contributed by atoms with van der Waals surface area (Å²) in [7, 11) is -4.00. The van der Waals surface area contributed by atoms with Crippen LogP contribution in [0.5, 0.6) is 0 Å². The van der Waals surface area contributed by atoms with Gasteiger partial charge in [-0.1, -0.05) is 30.3 Å². The second-order valence-electron chi connectivity index (χ2n) is 5.81. The number of carboxylic acid groups (broad SMARTS) is 1. The maximum atomic E-state index is 13.5. The average molecular weight is 350 g/mol. The van der Waals surface area contributed by atoms with Gasteiger partial charge < -0.3 is 10.2 Å². The molecule has 2 N–H and O–H groups in total. The fourth-order valence-corrected chi connectivity index (χ4v) is 5.69. The summed E-state index contributed by atoms with van der Waals surface area (Å²) >= 11 is 0. The average Bonchev–Trinajstić information content (AvgIpc) is 3.27. The Kier molecular flexibility index (Phi) is 3.93. The van der Waals surface area contributed by atoms with Crippen LogP contribution >= 0.6 is 0 Å². The molecule has 126 valence electrons. The van der Waals surface area contributed by atoms with Gasteiger partial charge in [0.1, 0.15) is 11.2 Å².